The van der Waals surface area contributed by atoms with E-state index < -0.39 is 0 Å². The van der Waals surface area contributed by atoms with Crippen molar-refractivity contribution in [3.05, 3.63) is 35.9 Å². The maximum absolute atomic E-state index is 6.15. The smallest absolute Gasteiger partial charge is 0.0599 e. The normalized spacial score (nSPS) is 12.4. The Hall–Kier alpha value is -1.30. The lowest BCUT2D eigenvalue weighted by atomic mass is 10.1. The van der Waals surface area contributed by atoms with Gasteiger partial charge in [0.1, 0.15) is 0 Å². The minimum absolute atomic E-state index is 0.0427. The number of terminal acetylenes is 1. The number of hydrogen-bond donors (Lipinski definition) is 1. The highest BCUT2D eigenvalue weighted by Gasteiger charge is 2.10. The van der Waals surface area contributed by atoms with Gasteiger partial charge in [-0.2, -0.15) is 0 Å². The third-order valence-corrected chi connectivity index (χ3v) is 2.54. The monoisotopic (exact) mass is 216 g/mol. The van der Waals surface area contributed by atoms with Gasteiger partial charge in [-0.15, -0.1) is 6.42 Å². The molecule has 1 unspecified atom stereocenters. The second kappa shape index (κ2) is 7.05. The van der Waals surface area contributed by atoms with Gasteiger partial charge in [0.15, 0.2) is 0 Å². The van der Waals surface area contributed by atoms with E-state index in [0.717, 1.165) is 19.5 Å². The van der Waals surface area contributed by atoms with Crippen LogP contribution in [0.4, 0.5) is 0 Å². The van der Waals surface area contributed by atoms with E-state index in [1.54, 1.807) is 0 Å². The molecular weight excluding hydrogens is 196 g/mol. The molecule has 0 radical (unpaired) electrons. The summed E-state index contributed by atoms with van der Waals surface area (Å²) < 4.78 is 0. The van der Waals surface area contributed by atoms with Crippen LogP contribution in [0, 0.1) is 12.3 Å². The van der Waals surface area contributed by atoms with Crippen LogP contribution in [-0.2, 0) is 0 Å². The number of benzene rings is 1. The van der Waals surface area contributed by atoms with Crippen LogP contribution in [0.2, 0.25) is 0 Å². The van der Waals surface area contributed by atoms with Crippen molar-refractivity contribution in [1.29, 1.82) is 0 Å². The van der Waals surface area contributed by atoms with Crippen molar-refractivity contribution in [2.75, 3.05) is 19.6 Å². The zero-order valence-electron chi connectivity index (χ0n) is 9.89. The van der Waals surface area contributed by atoms with E-state index in [9.17, 15) is 0 Å². The lowest BCUT2D eigenvalue weighted by Crippen LogP contribution is -2.33. The van der Waals surface area contributed by atoms with Crippen molar-refractivity contribution in [1.82, 2.24) is 4.90 Å². The molecule has 0 saturated carbocycles. The highest BCUT2D eigenvalue weighted by atomic mass is 15.1. The summed E-state index contributed by atoms with van der Waals surface area (Å²) in [5.74, 6) is 2.68. The van der Waals surface area contributed by atoms with E-state index in [1.165, 1.54) is 5.56 Å². The Morgan fingerprint density at radius 1 is 1.38 bits per heavy atom. The van der Waals surface area contributed by atoms with Crippen molar-refractivity contribution in [2.45, 2.75) is 19.4 Å². The van der Waals surface area contributed by atoms with E-state index in [2.05, 4.69) is 29.9 Å². The molecule has 0 bridgehead atoms. The molecule has 2 N–H and O–H groups in total. The summed E-state index contributed by atoms with van der Waals surface area (Å²) in [5.41, 5.74) is 7.31. The predicted molar refractivity (Wildman–Crippen MR) is 68.9 cm³/mol. The number of hydrogen-bond acceptors (Lipinski definition) is 2. The first-order chi connectivity index (χ1) is 7.77. The van der Waals surface area contributed by atoms with Gasteiger partial charge < -0.3 is 5.73 Å². The molecule has 0 aliphatic carbocycles. The molecule has 1 aromatic carbocycles. The fraction of sp³-hybridized carbons (Fsp3) is 0.429. The summed E-state index contributed by atoms with van der Waals surface area (Å²) in [4.78, 5) is 2.22. The molecule has 1 rings (SSSR count). The maximum Gasteiger partial charge on any atom is 0.0599 e. The van der Waals surface area contributed by atoms with Crippen molar-refractivity contribution in [3.63, 3.8) is 0 Å². The zero-order valence-corrected chi connectivity index (χ0v) is 9.89. The van der Waals surface area contributed by atoms with Crippen LogP contribution in [0.15, 0.2) is 30.3 Å². The highest BCUT2D eigenvalue weighted by molar-refractivity contribution is 5.18. The van der Waals surface area contributed by atoms with Crippen molar-refractivity contribution < 1.29 is 0 Å². The lowest BCUT2D eigenvalue weighted by molar-refractivity contribution is 0.288. The van der Waals surface area contributed by atoms with Crippen molar-refractivity contribution >= 4 is 0 Å². The summed E-state index contributed by atoms with van der Waals surface area (Å²) in [5, 5.41) is 0. The minimum Gasteiger partial charge on any atom is -0.323 e. The second-order valence-electron chi connectivity index (χ2n) is 3.96. The summed E-state index contributed by atoms with van der Waals surface area (Å²) >= 11 is 0. The Morgan fingerprint density at radius 2 is 2.06 bits per heavy atom. The summed E-state index contributed by atoms with van der Waals surface area (Å²) in [7, 11) is 0. The second-order valence-corrected chi connectivity index (χ2v) is 3.96. The van der Waals surface area contributed by atoms with E-state index in [0.29, 0.717) is 6.54 Å². The van der Waals surface area contributed by atoms with Gasteiger partial charge >= 0.3 is 0 Å². The molecule has 0 aromatic heterocycles. The Kier molecular flexibility index (Phi) is 5.63. The van der Waals surface area contributed by atoms with E-state index in [-0.39, 0.29) is 6.04 Å². The predicted octanol–water partition coefficient (Wildman–Crippen LogP) is 2.03. The fourth-order valence-corrected chi connectivity index (χ4v) is 1.76. The molecule has 2 nitrogen and oxygen atoms in total. The van der Waals surface area contributed by atoms with Crippen LogP contribution in [0.5, 0.6) is 0 Å². The van der Waals surface area contributed by atoms with Gasteiger partial charge in [0, 0.05) is 12.6 Å². The van der Waals surface area contributed by atoms with Crippen LogP contribution in [0.25, 0.3) is 0 Å². The Labute approximate surface area is 98.4 Å². The molecule has 16 heavy (non-hydrogen) atoms. The third kappa shape index (κ3) is 4.06. The standard InChI is InChI=1S/C14H20N2/c1-3-10-16(11-4-2)12-14(15)13-8-6-5-7-9-13/h1,5-9,14H,4,10-12,15H2,2H3. The molecule has 1 atom stereocenters. The molecular formula is C14H20N2. The average molecular weight is 216 g/mol. The summed E-state index contributed by atoms with van der Waals surface area (Å²) in [6, 6.07) is 10.2. The summed E-state index contributed by atoms with van der Waals surface area (Å²) in [6.07, 6.45) is 6.44. The molecule has 1 aromatic rings. The topological polar surface area (TPSA) is 29.3 Å². The number of nitrogens with zero attached hydrogens (tertiary/aromatic N) is 1. The third-order valence-electron chi connectivity index (χ3n) is 2.54. The van der Waals surface area contributed by atoms with Gasteiger partial charge in [0.05, 0.1) is 6.54 Å². The largest absolute Gasteiger partial charge is 0.323 e. The van der Waals surface area contributed by atoms with Gasteiger partial charge in [-0.1, -0.05) is 43.2 Å². The van der Waals surface area contributed by atoms with Crippen LogP contribution in [0.3, 0.4) is 0 Å². The van der Waals surface area contributed by atoms with E-state index >= 15 is 0 Å². The maximum atomic E-state index is 6.15. The number of rotatable bonds is 6. The zero-order chi connectivity index (χ0) is 11.8. The quantitative estimate of drug-likeness (QED) is 0.737. The first-order valence-electron chi connectivity index (χ1n) is 5.74. The molecule has 0 amide bonds. The van der Waals surface area contributed by atoms with Gasteiger partial charge in [-0.25, -0.2) is 0 Å². The Balaban J connectivity index is 2.55. The van der Waals surface area contributed by atoms with Gasteiger partial charge in [-0.05, 0) is 18.5 Å². The molecule has 0 saturated heterocycles. The fourth-order valence-electron chi connectivity index (χ4n) is 1.76. The van der Waals surface area contributed by atoms with Crippen LogP contribution in [0.1, 0.15) is 24.9 Å². The van der Waals surface area contributed by atoms with Crippen LogP contribution < -0.4 is 5.73 Å². The molecule has 0 heterocycles. The molecule has 0 aliphatic heterocycles. The lowest BCUT2D eigenvalue weighted by Gasteiger charge is -2.23. The van der Waals surface area contributed by atoms with Crippen LogP contribution >= 0.6 is 0 Å². The Morgan fingerprint density at radius 3 is 2.62 bits per heavy atom. The Bertz CT molecular complexity index is 326. The minimum atomic E-state index is 0.0427. The average Bonchev–Trinajstić information content (AvgIpc) is 2.31. The van der Waals surface area contributed by atoms with Crippen molar-refractivity contribution in [3.8, 4) is 12.3 Å². The first-order valence-corrected chi connectivity index (χ1v) is 5.74. The van der Waals surface area contributed by atoms with Gasteiger partial charge in [0.25, 0.3) is 0 Å². The van der Waals surface area contributed by atoms with Gasteiger partial charge in [-0.3, -0.25) is 4.90 Å². The molecule has 0 spiro atoms. The molecule has 86 valence electrons. The first kappa shape index (κ1) is 12.8. The van der Waals surface area contributed by atoms with E-state index in [1.807, 2.05) is 18.2 Å². The molecule has 0 aliphatic rings. The number of nitrogens with two attached hydrogens (primary N) is 1. The van der Waals surface area contributed by atoms with Crippen LogP contribution in [-0.4, -0.2) is 24.5 Å². The van der Waals surface area contributed by atoms with Gasteiger partial charge in [0.2, 0.25) is 0 Å². The molecule has 2 heteroatoms. The highest BCUT2D eigenvalue weighted by Crippen LogP contribution is 2.11. The SMILES string of the molecule is C#CCN(CCC)CC(N)c1ccccc1. The van der Waals surface area contributed by atoms with Crippen molar-refractivity contribution in [2.24, 2.45) is 5.73 Å². The van der Waals surface area contributed by atoms with E-state index in [4.69, 9.17) is 12.2 Å². The summed E-state index contributed by atoms with van der Waals surface area (Å²) in [6.45, 7) is 4.65. The molecule has 0 fully saturated rings.